The van der Waals surface area contributed by atoms with Gasteiger partial charge in [-0.2, -0.15) is 0 Å². The van der Waals surface area contributed by atoms with Crippen molar-refractivity contribution in [3.63, 3.8) is 0 Å². The van der Waals surface area contributed by atoms with Gasteiger partial charge in [0.05, 0.1) is 6.61 Å². The number of ether oxygens (including phenoxy) is 1. The van der Waals surface area contributed by atoms with Crippen LogP contribution in [0.4, 0.5) is 0 Å². The molecule has 0 unspecified atom stereocenters. The van der Waals surface area contributed by atoms with Crippen LogP contribution in [-0.2, 0) is 0 Å². The third kappa shape index (κ3) is 4.27. The second-order valence-electron chi connectivity index (χ2n) is 5.57. The minimum atomic E-state index is 0.749. The first-order valence-corrected chi connectivity index (χ1v) is 8.25. The molecule has 3 aromatic rings. The highest BCUT2D eigenvalue weighted by Crippen LogP contribution is 2.19. The summed E-state index contributed by atoms with van der Waals surface area (Å²) in [7, 11) is 0. The van der Waals surface area contributed by atoms with Gasteiger partial charge in [0.25, 0.3) is 0 Å². The first-order chi connectivity index (χ1) is 11.8. The van der Waals surface area contributed by atoms with Crippen LogP contribution in [-0.4, -0.2) is 6.61 Å². The van der Waals surface area contributed by atoms with Gasteiger partial charge in [0.15, 0.2) is 0 Å². The highest BCUT2D eigenvalue weighted by Gasteiger charge is 1.96. The van der Waals surface area contributed by atoms with Crippen LogP contribution in [0.5, 0.6) is 5.75 Å². The molecule has 0 saturated heterocycles. The molecule has 0 bridgehead atoms. The molecule has 0 aromatic heterocycles. The molecule has 0 N–H and O–H groups in total. The molecule has 0 atom stereocenters. The van der Waals surface area contributed by atoms with E-state index in [-0.39, 0.29) is 0 Å². The minimum absolute atomic E-state index is 0.749. The van der Waals surface area contributed by atoms with E-state index >= 15 is 0 Å². The molecule has 24 heavy (non-hydrogen) atoms. The van der Waals surface area contributed by atoms with Crippen LogP contribution in [0.15, 0.2) is 78.9 Å². The van der Waals surface area contributed by atoms with Crippen LogP contribution in [0.3, 0.4) is 0 Å². The molecule has 3 aromatic carbocycles. The molecule has 0 amide bonds. The molecule has 0 aliphatic carbocycles. The second-order valence-corrected chi connectivity index (χ2v) is 5.57. The fourth-order valence-electron chi connectivity index (χ4n) is 2.38. The van der Waals surface area contributed by atoms with E-state index in [1.807, 2.05) is 30.3 Å². The average Bonchev–Trinajstić information content (AvgIpc) is 2.67. The van der Waals surface area contributed by atoms with Gasteiger partial charge >= 0.3 is 0 Å². The van der Waals surface area contributed by atoms with E-state index in [2.05, 4.69) is 67.3 Å². The zero-order valence-corrected chi connectivity index (χ0v) is 13.8. The Kier molecular flexibility index (Phi) is 5.32. The molecule has 0 saturated carbocycles. The third-order valence-corrected chi connectivity index (χ3v) is 3.67. The smallest absolute Gasteiger partial charge is 0.119 e. The van der Waals surface area contributed by atoms with Gasteiger partial charge in [-0.3, -0.25) is 0 Å². The van der Waals surface area contributed by atoms with Gasteiger partial charge < -0.3 is 4.74 Å². The van der Waals surface area contributed by atoms with Gasteiger partial charge in [-0.15, -0.1) is 0 Å². The fraction of sp³-hybridized carbons (Fsp3) is 0.130. The Morgan fingerprint density at radius 3 is 1.79 bits per heavy atom. The Labute approximate surface area is 143 Å². The number of rotatable bonds is 4. The Balaban J connectivity index is 1.69. The van der Waals surface area contributed by atoms with E-state index in [4.69, 9.17) is 4.74 Å². The Morgan fingerprint density at radius 2 is 1.21 bits per heavy atom. The van der Waals surface area contributed by atoms with Gasteiger partial charge in [-0.05, 0) is 53.9 Å². The van der Waals surface area contributed by atoms with Gasteiger partial charge in [-0.1, -0.05) is 61.2 Å². The molecular weight excluding hydrogens is 292 g/mol. The van der Waals surface area contributed by atoms with Crippen LogP contribution in [0, 0.1) is 11.8 Å². The number of hydrogen-bond acceptors (Lipinski definition) is 1. The van der Waals surface area contributed by atoms with Crippen molar-refractivity contribution in [2.75, 3.05) is 6.61 Å². The quantitative estimate of drug-likeness (QED) is 0.575. The molecule has 3 rings (SSSR count). The maximum absolute atomic E-state index is 5.58. The maximum Gasteiger partial charge on any atom is 0.119 e. The maximum atomic E-state index is 5.58. The highest BCUT2D eigenvalue weighted by molar-refractivity contribution is 5.64. The molecule has 118 valence electrons. The van der Waals surface area contributed by atoms with E-state index in [1.54, 1.807) is 0 Å². The predicted molar refractivity (Wildman–Crippen MR) is 100 cm³/mol. The molecule has 0 aliphatic heterocycles. The monoisotopic (exact) mass is 312 g/mol. The SMILES string of the molecule is CCCOc1ccc(C#Cc2ccc(-c3ccccc3)cc2)cc1. The van der Waals surface area contributed by atoms with Crippen molar-refractivity contribution in [3.05, 3.63) is 90.0 Å². The summed E-state index contributed by atoms with van der Waals surface area (Å²) in [6.45, 7) is 2.85. The summed E-state index contributed by atoms with van der Waals surface area (Å²) in [5, 5.41) is 0. The predicted octanol–water partition coefficient (Wildman–Crippen LogP) is 5.54. The first-order valence-electron chi connectivity index (χ1n) is 8.25. The Bertz CT molecular complexity index is 819. The lowest BCUT2D eigenvalue weighted by Crippen LogP contribution is -1.94. The molecule has 0 fully saturated rings. The van der Waals surface area contributed by atoms with Crippen LogP contribution < -0.4 is 4.74 Å². The van der Waals surface area contributed by atoms with E-state index in [1.165, 1.54) is 11.1 Å². The molecule has 1 nitrogen and oxygen atoms in total. The highest BCUT2D eigenvalue weighted by atomic mass is 16.5. The average molecular weight is 312 g/mol. The lowest BCUT2D eigenvalue weighted by Gasteiger charge is -2.03. The van der Waals surface area contributed by atoms with E-state index in [9.17, 15) is 0 Å². The van der Waals surface area contributed by atoms with Crippen molar-refractivity contribution in [1.29, 1.82) is 0 Å². The van der Waals surface area contributed by atoms with Crippen LogP contribution in [0.2, 0.25) is 0 Å². The van der Waals surface area contributed by atoms with Gasteiger partial charge in [0.1, 0.15) is 5.75 Å². The Hall–Kier alpha value is -2.98. The molecule has 1 heteroatoms. The number of hydrogen-bond donors (Lipinski definition) is 0. The van der Waals surface area contributed by atoms with Crippen molar-refractivity contribution < 1.29 is 4.74 Å². The third-order valence-electron chi connectivity index (χ3n) is 3.67. The second kappa shape index (κ2) is 8.04. The van der Waals surface area contributed by atoms with Crippen molar-refractivity contribution in [2.24, 2.45) is 0 Å². The first kappa shape index (κ1) is 15.9. The van der Waals surface area contributed by atoms with Crippen LogP contribution >= 0.6 is 0 Å². The zero-order valence-electron chi connectivity index (χ0n) is 13.8. The van der Waals surface area contributed by atoms with Crippen LogP contribution in [0.25, 0.3) is 11.1 Å². The Morgan fingerprint density at radius 1 is 0.667 bits per heavy atom. The molecule has 0 heterocycles. The summed E-state index contributed by atoms with van der Waals surface area (Å²) in [4.78, 5) is 0. The summed E-state index contributed by atoms with van der Waals surface area (Å²) in [5.41, 5.74) is 4.44. The van der Waals surface area contributed by atoms with E-state index in [0.717, 1.165) is 29.9 Å². The largest absolute Gasteiger partial charge is 0.494 e. The van der Waals surface area contributed by atoms with E-state index in [0.29, 0.717) is 0 Å². The summed E-state index contributed by atoms with van der Waals surface area (Å²) in [5.74, 6) is 7.31. The van der Waals surface area contributed by atoms with Crippen molar-refractivity contribution in [3.8, 4) is 28.7 Å². The summed E-state index contributed by atoms with van der Waals surface area (Å²) < 4.78 is 5.58. The summed E-state index contributed by atoms with van der Waals surface area (Å²) in [6.07, 6.45) is 1.01. The van der Waals surface area contributed by atoms with Crippen LogP contribution in [0.1, 0.15) is 24.5 Å². The van der Waals surface area contributed by atoms with Gasteiger partial charge in [0, 0.05) is 11.1 Å². The molecule has 0 spiro atoms. The topological polar surface area (TPSA) is 9.23 Å². The number of benzene rings is 3. The summed E-state index contributed by atoms with van der Waals surface area (Å²) in [6, 6.07) is 26.6. The van der Waals surface area contributed by atoms with Crippen molar-refractivity contribution >= 4 is 0 Å². The van der Waals surface area contributed by atoms with Crippen molar-refractivity contribution in [1.82, 2.24) is 0 Å². The zero-order chi connectivity index (χ0) is 16.6. The van der Waals surface area contributed by atoms with Gasteiger partial charge in [-0.25, -0.2) is 0 Å². The molecular formula is C23H20O. The van der Waals surface area contributed by atoms with Gasteiger partial charge in [0.2, 0.25) is 0 Å². The lowest BCUT2D eigenvalue weighted by molar-refractivity contribution is 0.317. The fourth-order valence-corrected chi connectivity index (χ4v) is 2.38. The van der Waals surface area contributed by atoms with Crippen molar-refractivity contribution in [2.45, 2.75) is 13.3 Å². The normalized spacial score (nSPS) is 9.88. The van der Waals surface area contributed by atoms with E-state index < -0.39 is 0 Å². The molecule has 0 aliphatic rings. The lowest BCUT2D eigenvalue weighted by atomic mass is 10.0. The summed E-state index contributed by atoms with van der Waals surface area (Å²) >= 11 is 0. The minimum Gasteiger partial charge on any atom is -0.494 e. The molecule has 0 radical (unpaired) electrons. The standard InChI is InChI=1S/C23H20O/c1-2-18-24-23-16-12-20(13-17-23)9-8-19-10-14-22(15-11-19)21-6-4-3-5-7-21/h3-7,10-17H,2,18H2,1H3.